The first kappa shape index (κ1) is 15.0. The molecule has 1 unspecified atom stereocenters. The van der Waals surface area contributed by atoms with Crippen molar-refractivity contribution >= 4 is 27.8 Å². The fourth-order valence-electron chi connectivity index (χ4n) is 1.65. The first-order valence-electron chi connectivity index (χ1n) is 6.30. The zero-order valence-corrected chi connectivity index (χ0v) is 12.4. The lowest BCUT2D eigenvalue weighted by molar-refractivity contribution is 0.102. The molecule has 0 radical (unpaired) electrons. The summed E-state index contributed by atoms with van der Waals surface area (Å²) in [6, 6.07) is 2.43. The number of Topliss-reactive ketones (excluding diaryl/α,β-unsaturated/α-hetero) is 1. The monoisotopic (exact) mass is 269 g/mol. The molecule has 0 saturated carbocycles. The summed E-state index contributed by atoms with van der Waals surface area (Å²) in [5.41, 5.74) is 6.36. The Hall–Kier alpha value is -1.07. The summed E-state index contributed by atoms with van der Waals surface area (Å²) in [5.74, 6) is 0.0299. The van der Waals surface area contributed by atoms with Crippen LogP contribution in [0.3, 0.4) is 0 Å². The third kappa shape index (κ3) is 3.99. The second-order valence-corrected chi connectivity index (χ2v) is 5.67. The minimum atomic E-state index is 0.0299. The number of anilines is 2. The maximum Gasteiger partial charge on any atom is 0.171 e. The van der Waals surface area contributed by atoms with Crippen LogP contribution in [0, 0.1) is 0 Å². The molecule has 0 spiro atoms. The van der Waals surface area contributed by atoms with Crippen molar-refractivity contribution in [2.45, 2.75) is 33.2 Å². The number of hydrogen-bond acceptors (Lipinski definition) is 5. The highest BCUT2D eigenvalue weighted by Crippen LogP contribution is 2.29. The Bertz CT molecular complexity index is 403. The van der Waals surface area contributed by atoms with Crippen LogP contribution >= 0.6 is 11.3 Å². The van der Waals surface area contributed by atoms with Crippen LogP contribution in [0.15, 0.2) is 6.07 Å². The van der Waals surface area contributed by atoms with E-state index in [9.17, 15) is 4.79 Å². The minimum absolute atomic E-state index is 0.0299. The van der Waals surface area contributed by atoms with Crippen molar-refractivity contribution in [2.75, 3.05) is 31.2 Å². The minimum Gasteiger partial charge on any atom is -0.397 e. The summed E-state index contributed by atoms with van der Waals surface area (Å²) in [7, 11) is 2.12. The average molecular weight is 269 g/mol. The van der Waals surface area contributed by atoms with E-state index in [0.29, 0.717) is 16.6 Å². The number of thiophene rings is 1. The summed E-state index contributed by atoms with van der Waals surface area (Å²) >= 11 is 1.43. The van der Waals surface area contributed by atoms with Gasteiger partial charge in [-0.15, -0.1) is 11.3 Å². The van der Waals surface area contributed by atoms with Gasteiger partial charge >= 0.3 is 0 Å². The normalized spacial score (nSPS) is 12.7. The molecule has 1 heterocycles. The Labute approximate surface area is 113 Å². The average Bonchev–Trinajstić information content (AvgIpc) is 2.69. The molecule has 0 aliphatic rings. The van der Waals surface area contributed by atoms with Gasteiger partial charge in [0.1, 0.15) is 0 Å². The third-order valence-electron chi connectivity index (χ3n) is 3.19. The molecule has 0 aliphatic heterocycles. The van der Waals surface area contributed by atoms with Crippen molar-refractivity contribution in [1.29, 1.82) is 0 Å². The molecule has 0 bridgehead atoms. The maximum atomic E-state index is 11.3. The molecular weight excluding hydrogens is 246 g/mol. The molecule has 1 aromatic heterocycles. The summed E-state index contributed by atoms with van der Waals surface area (Å²) in [4.78, 5) is 14.2. The number of nitrogens with one attached hydrogen (secondary N) is 1. The van der Waals surface area contributed by atoms with Gasteiger partial charge in [0.25, 0.3) is 0 Å². The molecule has 0 aromatic carbocycles. The van der Waals surface area contributed by atoms with Crippen molar-refractivity contribution in [3.8, 4) is 0 Å². The molecular formula is C13H23N3OS. The van der Waals surface area contributed by atoms with E-state index in [-0.39, 0.29) is 5.78 Å². The van der Waals surface area contributed by atoms with Crippen LogP contribution < -0.4 is 11.1 Å². The third-order valence-corrected chi connectivity index (χ3v) is 4.40. The van der Waals surface area contributed by atoms with E-state index in [2.05, 4.69) is 31.1 Å². The highest BCUT2D eigenvalue weighted by molar-refractivity contribution is 7.18. The molecule has 0 amide bonds. The number of hydrogen-bond donors (Lipinski definition) is 2. The van der Waals surface area contributed by atoms with Crippen LogP contribution in [0.5, 0.6) is 0 Å². The molecule has 1 rings (SSSR count). The predicted molar refractivity (Wildman–Crippen MR) is 79.6 cm³/mol. The molecule has 0 aliphatic carbocycles. The fourth-order valence-corrected chi connectivity index (χ4v) is 2.56. The molecule has 0 fully saturated rings. The first-order chi connectivity index (χ1) is 8.45. The second kappa shape index (κ2) is 6.75. The van der Waals surface area contributed by atoms with Gasteiger partial charge in [0.2, 0.25) is 0 Å². The Balaban J connectivity index is 2.45. The molecule has 18 heavy (non-hydrogen) atoms. The number of nitrogens with two attached hydrogens (primary N) is 1. The Morgan fingerprint density at radius 1 is 1.61 bits per heavy atom. The van der Waals surface area contributed by atoms with Gasteiger partial charge in [-0.3, -0.25) is 4.79 Å². The topological polar surface area (TPSA) is 58.4 Å². The number of nitrogens with zero attached hydrogens (tertiary/aromatic N) is 1. The molecule has 1 atom stereocenters. The highest BCUT2D eigenvalue weighted by atomic mass is 32.1. The molecule has 1 aromatic rings. The second-order valence-electron chi connectivity index (χ2n) is 4.62. The highest BCUT2D eigenvalue weighted by Gasteiger charge is 2.10. The molecule has 102 valence electrons. The molecule has 4 nitrogen and oxygen atoms in total. The fraction of sp³-hybridized carbons (Fsp3) is 0.615. The number of ketones is 1. The summed E-state index contributed by atoms with van der Waals surface area (Å²) in [6.45, 7) is 7.79. The summed E-state index contributed by atoms with van der Waals surface area (Å²) in [6.07, 6.45) is 1.15. The predicted octanol–water partition coefficient (Wildman–Crippen LogP) is 2.68. The number of carbonyl (C=O) groups excluding carboxylic acids is 1. The van der Waals surface area contributed by atoms with E-state index < -0.39 is 0 Å². The standard InChI is InChI=1S/C13H23N3OS/c1-5-9(2)16(4)7-6-15-12-8-11(14)13(18-12)10(3)17/h8-9,15H,5-7,14H2,1-4H3. The number of carbonyl (C=O) groups is 1. The Morgan fingerprint density at radius 2 is 2.28 bits per heavy atom. The van der Waals surface area contributed by atoms with Gasteiger partial charge in [0.05, 0.1) is 15.6 Å². The van der Waals surface area contributed by atoms with Crippen LogP contribution in [0.1, 0.15) is 36.9 Å². The van der Waals surface area contributed by atoms with Gasteiger partial charge in [-0.25, -0.2) is 0 Å². The van der Waals surface area contributed by atoms with E-state index in [0.717, 1.165) is 24.5 Å². The van der Waals surface area contributed by atoms with Gasteiger partial charge in [0.15, 0.2) is 5.78 Å². The van der Waals surface area contributed by atoms with Gasteiger partial charge in [-0.2, -0.15) is 0 Å². The number of likely N-dealkylation sites (N-methyl/N-ethyl adjacent to an activating group) is 1. The van der Waals surface area contributed by atoms with Gasteiger partial charge in [0, 0.05) is 26.1 Å². The van der Waals surface area contributed by atoms with Crippen LogP contribution in [0.25, 0.3) is 0 Å². The van der Waals surface area contributed by atoms with E-state index in [1.165, 1.54) is 11.3 Å². The van der Waals surface area contributed by atoms with Gasteiger partial charge < -0.3 is 16.0 Å². The van der Waals surface area contributed by atoms with Gasteiger partial charge in [-0.1, -0.05) is 6.92 Å². The van der Waals surface area contributed by atoms with Crippen molar-refractivity contribution in [3.05, 3.63) is 10.9 Å². The Morgan fingerprint density at radius 3 is 2.78 bits per heavy atom. The zero-order chi connectivity index (χ0) is 13.7. The SMILES string of the molecule is CCC(C)N(C)CCNc1cc(N)c(C(C)=O)s1. The lowest BCUT2D eigenvalue weighted by atomic mass is 10.2. The van der Waals surface area contributed by atoms with Gasteiger partial charge in [-0.05, 0) is 26.5 Å². The van der Waals surface area contributed by atoms with Crippen molar-refractivity contribution < 1.29 is 4.79 Å². The largest absolute Gasteiger partial charge is 0.397 e. The van der Waals surface area contributed by atoms with E-state index in [1.54, 1.807) is 6.92 Å². The van der Waals surface area contributed by atoms with Crippen molar-refractivity contribution in [3.63, 3.8) is 0 Å². The van der Waals surface area contributed by atoms with Crippen LogP contribution in [-0.4, -0.2) is 36.9 Å². The zero-order valence-electron chi connectivity index (χ0n) is 11.6. The summed E-state index contributed by atoms with van der Waals surface area (Å²) < 4.78 is 0. The summed E-state index contributed by atoms with van der Waals surface area (Å²) in [5, 5.41) is 4.28. The Kier molecular flexibility index (Phi) is 5.62. The van der Waals surface area contributed by atoms with Crippen molar-refractivity contribution in [2.24, 2.45) is 0 Å². The first-order valence-corrected chi connectivity index (χ1v) is 7.11. The quantitative estimate of drug-likeness (QED) is 0.747. The number of rotatable bonds is 7. The van der Waals surface area contributed by atoms with Crippen LogP contribution in [0.4, 0.5) is 10.7 Å². The van der Waals surface area contributed by atoms with E-state index in [1.807, 2.05) is 6.07 Å². The smallest absolute Gasteiger partial charge is 0.171 e. The van der Waals surface area contributed by atoms with E-state index >= 15 is 0 Å². The van der Waals surface area contributed by atoms with Crippen LogP contribution in [0.2, 0.25) is 0 Å². The lowest BCUT2D eigenvalue weighted by Crippen LogP contribution is -2.32. The lowest BCUT2D eigenvalue weighted by Gasteiger charge is -2.23. The molecule has 5 heteroatoms. The van der Waals surface area contributed by atoms with Crippen molar-refractivity contribution in [1.82, 2.24) is 4.90 Å². The number of nitrogen functional groups attached to an aromatic ring is 1. The molecule has 0 saturated heterocycles. The van der Waals surface area contributed by atoms with Crippen LogP contribution in [-0.2, 0) is 0 Å². The molecule has 3 N–H and O–H groups in total. The van der Waals surface area contributed by atoms with E-state index in [4.69, 9.17) is 5.73 Å². The maximum absolute atomic E-state index is 11.3.